The van der Waals surface area contributed by atoms with Gasteiger partial charge in [0.1, 0.15) is 0 Å². The number of benzene rings is 2. The van der Waals surface area contributed by atoms with E-state index in [0.29, 0.717) is 11.1 Å². The van der Waals surface area contributed by atoms with Crippen molar-refractivity contribution in [2.75, 3.05) is 0 Å². The summed E-state index contributed by atoms with van der Waals surface area (Å²) in [5.41, 5.74) is 1.89. The summed E-state index contributed by atoms with van der Waals surface area (Å²) in [6.07, 6.45) is -0.520. The molecule has 0 aromatic heterocycles. The van der Waals surface area contributed by atoms with Crippen LogP contribution in [0.15, 0.2) is 53.4 Å². The number of carbonyl (C=O) groups is 2. The SMILES string of the molecule is Cc1ccc(C(=O)CC(=O)NS(=O)(=O)c2ccccc2C)cc1. The van der Waals surface area contributed by atoms with Crippen molar-refractivity contribution in [3.8, 4) is 0 Å². The molecule has 0 radical (unpaired) electrons. The van der Waals surface area contributed by atoms with Crippen molar-refractivity contribution in [1.29, 1.82) is 0 Å². The minimum absolute atomic E-state index is 0.0242. The second kappa shape index (κ2) is 6.75. The lowest BCUT2D eigenvalue weighted by Crippen LogP contribution is -2.32. The van der Waals surface area contributed by atoms with Gasteiger partial charge in [0.2, 0.25) is 5.91 Å². The zero-order valence-corrected chi connectivity index (χ0v) is 13.7. The number of sulfonamides is 1. The lowest BCUT2D eigenvalue weighted by Gasteiger charge is -2.09. The molecule has 0 aliphatic heterocycles. The van der Waals surface area contributed by atoms with E-state index in [1.54, 1.807) is 49.4 Å². The van der Waals surface area contributed by atoms with Crippen LogP contribution in [0.2, 0.25) is 0 Å². The highest BCUT2D eigenvalue weighted by molar-refractivity contribution is 7.90. The van der Waals surface area contributed by atoms with Gasteiger partial charge in [-0.15, -0.1) is 0 Å². The molecule has 1 N–H and O–H groups in total. The van der Waals surface area contributed by atoms with E-state index >= 15 is 0 Å². The van der Waals surface area contributed by atoms with Gasteiger partial charge in [-0.2, -0.15) is 0 Å². The highest BCUT2D eigenvalue weighted by atomic mass is 32.2. The van der Waals surface area contributed by atoms with Crippen molar-refractivity contribution in [2.24, 2.45) is 0 Å². The number of ketones is 1. The van der Waals surface area contributed by atoms with Crippen molar-refractivity contribution >= 4 is 21.7 Å². The summed E-state index contributed by atoms with van der Waals surface area (Å²) in [5.74, 6) is -1.28. The van der Waals surface area contributed by atoms with Gasteiger partial charge < -0.3 is 0 Å². The zero-order valence-electron chi connectivity index (χ0n) is 12.9. The third-order valence-corrected chi connectivity index (χ3v) is 4.86. The molecule has 0 aliphatic rings. The molecule has 23 heavy (non-hydrogen) atoms. The van der Waals surface area contributed by atoms with Gasteiger partial charge >= 0.3 is 0 Å². The summed E-state index contributed by atoms with van der Waals surface area (Å²) < 4.78 is 26.3. The molecular formula is C17H17NO4S. The molecule has 0 saturated carbocycles. The van der Waals surface area contributed by atoms with Gasteiger partial charge in [-0.05, 0) is 25.5 Å². The lowest BCUT2D eigenvalue weighted by atomic mass is 10.1. The average molecular weight is 331 g/mol. The molecule has 0 fully saturated rings. The second-order valence-electron chi connectivity index (χ2n) is 5.26. The molecule has 2 aromatic rings. The predicted molar refractivity (Wildman–Crippen MR) is 86.6 cm³/mol. The molecule has 0 unspecified atom stereocenters. The van der Waals surface area contributed by atoms with Crippen molar-refractivity contribution in [2.45, 2.75) is 25.2 Å². The topological polar surface area (TPSA) is 80.3 Å². The van der Waals surface area contributed by atoms with Crippen molar-refractivity contribution < 1.29 is 18.0 Å². The Bertz CT molecular complexity index is 839. The number of rotatable bonds is 5. The fourth-order valence-corrected chi connectivity index (χ4v) is 3.32. The Kier molecular flexibility index (Phi) is 4.95. The van der Waals surface area contributed by atoms with Crippen molar-refractivity contribution in [3.63, 3.8) is 0 Å². The first-order chi connectivity index (χ1) is 10.8. The van der Waals surface area contributed by atoms with Gasteiger partial charge in [0.25, 0.3) is 10.0 Å². The summed E-state index contributed by atoms with van der Waals surface area (Å²) >= 11 is 0. The Labute approximate surface area is 135 Å². The van der Waals surface area contributed by atoms with Crippen molar-refractivity contribution in [1.82, 2.24) is 4.72 Å². The van der Waals surface area contributed by atoms with Gasteiger partial charge in [-0.1, -0.05) is 48.0 Å². The van der Waals surface area contributed by atoms with E-state index in [4.69, 9.17) is 0 Å². The number of amides is 1. The van der Waals surface area contributed by atoms with E-state index in [2.05, 4.69) is 0 Å². The Hall–Kier alpha value is -2.47. The summed E-state index contributed by atoms with van der Waals surface area (Å²) in [6.45, 7) is 3.52. The molecule has 6 heteroatoms. The molecule has 0 bridgehead atoms. The monoisotopic (exact) mass is 331 g/mol. The van der Waals surface area contributed by atoms with Crippen LogP contribution in [0.25, 0.3) is 0 Å². The normalized spacial score (nSPS) is 11.0. The Morgan fingerprint density at radius 3 is 2.17 bits per heavy atom. The number of carbonyl (C=O) groups excluding carboxylic acids is 2. The molecule has 5 nitrogen and oxygen atoms in total. The summed E-state index contributed by atoms with van der Waals surface area (Å²) in [7, 11) is -3.98. The molecule has 120 valence electrons. The molecule has 2 aromatic carbocycles. The van der Waals surface area contributed by atoms with Crippen LogP contribution in [0.1, 0.15) is 27.9 Å². The molecule has 1 amide bonds. The van der Waals surface area contributed by atoms with Gasteiger partial charge in [0.05, 0.1) is 11.3 Å². The van der Waals surface area contributed by atoms with Crippen LogP contribution in [-0.4, -0.2) is 20.1 Å². The van der Waals surface area contributed by atoms with Gasteiger partial charge in [0.15, 0.2) is 5.78 Å². The van der Waals surface area contributed by atoms with E-state index in [1.807, 2.05) is 11.6 Å². The van der Waals surface area contributed by atoms with Crippen LogP contribution in [0.4, 0.5) is 0 Å². The van der Waals surface area contributed by atoms with E-state index in [-0.39, 0.29) is 4.90 Å². The van der Waals surface area contributed by atoms with Gasteiger partial charge in [-0.3, -0.25) is 9.59 Å². The smallest absolute Gasteiger partial charge is 0.264 e. The number of nitrogens with one attached hydrogen (secondary N) is 1. The number of hydrogen-bond donors (Lipinski definition) is 1. The quantitative estimate of drug-likeness (QED) is 0.674. The zero-order chi connectivity index (χ0) is 17.0. The van der Waals surface area contributed by atoms with Crippen LogP contribution in [0, 0.1) is 13.8 Å². The van der Waals surface area contributed by atoms with E-state index < -0.39 is 28.1 Å². The van der Waals surface area contributed by atoms with Gasteiger partial charge in [-0.25, -0.2) is 13.1 Å². The molecular weight excluding hydrogens is 314 g/mol. The van der Waals surface area contributed by atoms with Crippen LogP contribution in [0.5, 0.6) is 0 Å². The Balaban J connectivity index is 2.09. The fraction of sp³-hybridized carbons (Fsp3) is 0.176. The molecule has 0 spiro atoms. The second-order valence-corrected chi connectivity index (χ2v) is 6.91. The van der Waals surface area contributed by atoms with Crippen LogP contribution < -0.4 is 4.72 Å². The van der Waals surface area contributed by atoms with E-state index in [9.17, 15) is 18.0 Å². The molecule has 0 saturated heterocycles. The van der Waals surface area contributed by atoms with E-state index in [1.165, 1.54) is 6.07 Å². The lowest BCUT2D eigenvalue weighted by molar-refractivity contribution is -0.118. The maximum absolute atomic E-state index is 12.2. The molecule has 0 aliphatic carbocycles. The number of aryl methyl sites for hydroxylation is 2. The first-order valence-electron chi connectivity index (χ1n) is 7.01. The third-order valence-electron chi connectivity index (χ3n) is 3.33. The maximum Gasteiger partial charge on any atom is 0.264 e. The first kappa shape index (κ1) is 16.9. The third kappa shape index (κ3) is 4.26. The predicted octanol–water partition coefficient (Wildman–Crippen LogP) is 2.38. The standard InChI is InChI=1S/C17H17NO4S/c1-12-7-9-14(10-8-12)15(19)11-17(20)18-23(21,22)16-6-4-3-5-13(16)2/h3-10H,11H2,1-2H3,(H,18,20). The maximum atomic E-state index is 12.2. The largest absolute Gasteiger partial charge is 0.294 e. The summed E-state index contributed by atoms with van der Waals surface area (Å²) in [6, 6.07) is 13.1. The number of hydrogen-bond acceptors (Lipinski definition) is 4. The summed E-state index contributed by atoms with van der Waals surface area (Å²) in [5, 5.41) is 0. The highest BCUT2D eigenvalue weighted by Gasteiger charge is 2.21. The average Bonchev–Trinajstić information content (AvgIpc) is 2.47. The summed E-state index contributed by atoms with van der Waals surface area (Å²) in [4.78, 5) is 23.9. The Morgan fingerprint density at radius 2 is 1.57 bits per heavy atom. The molecule has 2 rings (SSSR count). The molecule has 0 heterocycles. The van der Waals surface area contributed by atoms with E-state index in [0.717, 1.165) is 5.56 Å². The Morgan fingerprint density at radius 1 is 0.957 bits per heavy atom. The highest BCUT2D eigenvalue weighted by Crippen LogP contribution is 2.14. The van der Waals surface area contributed by atoms with Crippen LogP contribution in [0.3, 0.4) is 0 Å². The first-order valence-corrected chi connectivity index (χ1v) is 8.49. The molecule has 0 atom stereocenters. The van der Waals surface area contributed by atoms with Gasteiger partial charge in [0, 0.05) is 5.56 Å². The minimum Gasteiger partial charge on any atom is -0.294 e. The van der Waals surface area contributed by atoms with Crippen LogP contribution in [-0.2, 0) is 14.8 Å². The van der Waals surface area contributed by atoms with Crippen LogP contribution >= 0.6 is 0 Å². The number of Topliss-reactive ketones (excluding diaryl/α,β-unsaturated/α-hetero) is 1. The fourth-order valence-electron chi connectivity index (χ4n) is 2.09. The minimum atomic E-state index is -3.98. The van der Waals surface area contributed by atoms with Crippen molar-refractivity contribution in [3.05, 3.63) is 65.2 Å².